The monoisotopic (exact) mass is 1340 g/mol. The van der Waals surface area contributed by atoms with Gasteiger partial charge in [0.15, 0.2) is 8.07 Å². The first-order valence-corrected chi connectivity index (χ1v) is 29.5. The number of imidazole rings is 1. The van der Waals surface area contributed by atoms with Gasteiger partial charge in [0.05, 0.1) is 49.6 Å². The zero-order valence-corrected chi connectivity index (χ0v) is 50.1. The van der Waals surface area contributed by atoms with E-state index in [0.29, 0.717) is 44.3 Å². The summed E-state index contributed by atoms with van der Waals surface area (Å²) in [6.07, 6.45) is 5.47. The molecule has 3 aromatic heterocycles. The van der Waals surface area contributed by atoms with Gasteiger partial charge in [-0.15, -0.1) is 29.7 Å². The Kier molecular flexibility index (Phi) is 8.36. The minimum atomic E-state index is -6.29. The van der Waals surface area contributed by atoms with Crippen molar-refractivity contribution in [2.75, 3.05) is 0 Å². The molecule has 0 aliphatic heterocycles. The SMILES string of the molecule is [2H]c1c([2H])c([2H])c(-c2cnc(-n3c4[c-]c(Oc5[c-]c(-n6[c-][n+](-c7c(-c8ccc9c(c8)C(C)(C)CC9(C)C)cccc7-c7c([2H])c([2H])c([2H])c([Si](c8c([2H])c([2H])c([2H])c([2H])c8[2H])(c8c([2H])c([2H])c([2H])c([2H])c8[2H])c8c([2H])c([2H])c([2H])c([2H])c8[2H])c7[2H])c7ccccc76)ccc5)ccc4c4ccccc43)cc2C([2H])([2H])[2H])c([2H])c1[2H].[Pt]. The van der Waals surface area contributed by atoms with Gasteiger partial charge >= 0.3 is 0 Å². The predicted octanol–water partition coefficient (Wildman–Crippen LogP) is 16.2. The van der Waals surface area contributed by atoms with E-state index >= 15 is 0 Å². The average Bonchev–Trinajstić information content (AvgIpc) is 0.846. The maximum absolute atomic E-state index is 11.0. The molecule has 0 atom stereocenters. The number of hydrogen-bond acceptors (Lipinski definition) is 2. The van der Waals surface area contributed by atoms with Crippen LogP contribution in [0.3, 0.4) is 0 Å². The topological polar surface area (TPSA) is 35.9 Å². The Morgan fingerprint density at radius 2 is 1.15 bits per heavy atom. The number of benzene rings is 11. The van der Waals surface area contributed by atoms with Gasteiger partial charge in [-0.1, -0.05) is 257 Å². The van der Waals surface area contributed by atoms with Crippen LogP contribution in [0, 0.1) is 25.3 Å². The summed E-state index contributed by atoms with van der Waals surface area (Å²) in [6.45, 7) is 5.69. The molecule has 5 nitrogen and oxygen atoms in total. The Hall–Kier alpha value is -9.45. The molecule has 0 unspecified atom stereocenters. The quantitative estimate of drug-likeness (QED) is 0.0529. The summed E-state index contributed by atoms with van der Waals surface area (Å²) in [5.74, 6) is 0.385. The van der Waals surface area contributed by atoms with Crippen molar-refractivity contribution in [2.45, 2.75) is 51.8 Å². The number of ether oxygens (including phenoxy) is 1. The molecule has 0 saturated carbocycles. The fourth-order valence-electron chi connectivity index (χ4n) is 12.6. The number of hydrogen-bond donors (Lipinski definition) is 0. The van der Waals surface area contributed by atoms with E-state index in [0.717, 1.165) is 22.9 Å². The summed E-state index contributed by atoms with van der Waals surface area (Å²) in [4.78, 5) is 4.70. The molecule has 7 heteroatoms. The van der Waals surface area contributed by atoms with E-state index in [4.69, 9.17) is 24.8 Å². The van der Waals surface area contributed by atoms with Crippen molar-refractivity contribution >= 4 is 61.7 Å². The second-order valence-corrected chi connectivity index (χ2v) is 25.7. The minimum absolute atomic E-state index is 0. The largest absolute Gasteiger partial charge is 0.510 e. The first kappa shape index (κ1) is 32.9. The van der Waals surface area contributed by atoms with Gasteiger partial charge in [0.2, 0.25) is 0 Å². The van der Waals surface area contributed by atoms with Crippen LogP contribution in [0.4, 0.5) is 0 Å². The number of rotatable bonds is 12. The van der Waals surface area contributed by atoms with Gasteiger partial charge in [-0.05, 0) is 113 Å². The minimum Gasteiger partial charge on any atom is -0.510 e. The third-order valence-electron chi connectivity index (χ3n) is 16.0. The van der Waals surface area contributed by atoms with Crippen molar-refractivity contribution in [1.82, 2.24) is 14.1 Å². The molecule has 3 heterocycles. The summed E-state index contributed by atoms with van der Waals surface area (Å²) >= 11 is 0. The van der Waals surface area contributed by atoms with E-state index < -0.39 is 192 Å². The number of para-hydroxylation sites is 4. The molecule has 0 N–H and O–H groups in total. The van der Waals surface area contributed by atoms with Gasteiger partial charge in [0.25, 0.3) is 6.33 Å². The third kappa shape index (κ3) is 9.50. The number of aromatic nitrogens is 4. The van der Waals surface area contributed by atoms with Crippen LogP contribution in [0.2, 0.25) is 0 Å². The molecule has 15 rings (SSSR count). The number of pyridine rings is 1. The van der Waals surface area contributed by atoms with Crippen LogP contribution >= 0.6 is 0 Å². The Morgan fingerprint density at radius 3 is 1.86 bits per heavy atom. The molecule has 14 aromatic rings. The van der Waals surface area contributed by atoms with E-state index in [2.05, 4.69) is 52.2 Å². The van der Waals surface area contributed by atoms with Crippen LogP contribution < -0.4 is 30.1 Å². The van der Waals surface area contributed by atoms with E-state index in [1.54, 1.807) is 92.6 Å². The van der Waals surface area contributed by atoms with Gasteiger partial charge < -0.3 is 13.9 Å². The van der Waals surface area contributed by atoms with Crippen molar-refractivity contribution in [2.24, 2.45) is 0 Å². The van der Waals surface area contributed by atoms with E-state index in [1.165, 1.54) is 18.3 Å². The first-order chi connectivity index (χ1) is 53.2. The summed E-state index contributed by atoms with van der Waals surface area (Å²) < 4.78 is 262. The van der Waals surface area contributed by atoms with Gasteiger partial charge in [-0.2, -0.15) is 18.2 Å². The summed E-state index contributed by atoms with van der Waals surface area (Å²) in [5, 5.41) is -2.50. The van der Waals surface area contributed by atoms with Crippen molar-refractivity contribution in [3.63, 3.8) is 0 Å². The summed E-state index contributed by atoms with van der Waals surface area (Å²) in [7, 11) is -6.29. The van der Waals surface area contributed by atoms with Crippen LogP contribution in [0.5, 0.6) is 11.5 Å². The van der Waals surface area contributed by atoms with E-state index in [-0.39, 0.29) is 71.7 Å². The van der Waals surface area contributed by atoms with Crippen molar-refractivity contribution in [3.05, 3.63) is 308 Å². The molecule has 0 saturated heterocycles. The molecule has 0 fully saturated rings. The molecule has 11 aromatic carbocycles. The molecule has 1 aliphatic rings. The van der Waals surface area contributed by atoms with Crippen molar-refractivity contribution < 1.29 is 67.4 Å². The Balaban J connectivity index is 0.0000108. The maximum atomic E-state index is 11.0. The molecular formula is C80H62N4OPtSi-2. The normalized spacial score (nSPS) is 17.9. The fourth-order valence-corrected chi connectivity index (χ4v) is 16.1. The van der Waals surface area contributed by atoms with E-state index in [1.807, 2.05) is 24.3 Å². The molecule has 0 bridgehead atoms. The second kappa shape index (κ2) is 22.1. The molecule has 87 heavy (non-hydrogen) atoms. The molecular weight excluding hydrogens is 1260 g/mol. The Morgan fingerprint density at radius 1 is 0.540 bits per heavy atom. The van der Waals surface area contributed by atoms with Crippen molar-refractivity contribution in [1.29, 1.82) is 0 Å². The second-order valence-electron chi connectivity index (χ2n) is 22.2. The van der Waals surface area contributed by atoms with Crippen LogP contribution in [-0.4, -0.2) is 22.2 Å². The van der Waals surface area contributed by atoms with Crippen LogP contribution in [-0.2, 0) is 31.9 Å². The Labute approximate surface area is 562 Å². The van der Waals surface area contributed by atoms with Crippen molar-refractivity contribution in [3.8, 4) is 62.1 Å². The number of nitrogens with zero attached hydrogens (tertiary/aromatic N) is 4. The molecule has 0 amide bonds. The van der Waals surface area contributed by atoms with Gasteiger partial charge in [0, 0.05) is 54.0 Å². The fraction of sp³-hybridized carbons (Fsp3) is 0.100. The maximum Gasteiger partial charge on any atom is 0.268 e. The van der Waals surface area contributed by atoms with Crippen LogP contribution in [0.15, 0.2) is 273 Å². The molecule has 1 aliphatic carbocycles. The number of fused-ring (bicyclic) bond motifs is 5. The predicted molar refractivity (Wildman–Crippen MR) is 355 cm³/mol. The zero-order chi connectivity index (χ0) is 81.5. The summed E-state index contributed by atoms with van der Waals surface area (Å²) in [5.41, 5.74) is 3.29. The zero-order valence-electron chi connectivity index (χ0n) is 73.8. The smallest absolute Gasteiger partial charge is 0.268 e. The summed E-state index contributed by atoms with van der Waals surface area (Å²) in [6, 6.07) is 18.4. The molecule has 0 spiro atoms. The van der Waals surface area contributed by atoms with Gasteiger partial charge in [-0.3, -0.25) is 4.57 Å². The standard InChI is InChI=1S/C80H62N4OSi.Pt/c1-55-47-77(81-52-70(55)56-25-10-6-11-26-56)84-73-40-19-18-37-68(73)69-45-44-61(51-76(69)84)85-60-29-23-28-59(50-60)82-54-83(75-42-21-20-41-74(75)82)78-66(38-24-39-67(78)58-43-46-71-72(49-58)80(4,5)53-79(71,2)3)57-27-22-36-65(48-57)86(62-30-12-7-13-31-62,63-32-14-8-15-33-63)64-34-16-9-17-35-64;/h6-49,52H,53H2,1-5H3;/q-2;/i1D3,6D,7D,8D,9D,10D,11D,12D,13D,14D,15D,16D,17D,22D,25D,26D,27D,30D,31D,32D,33D,34D,35D,36D,48D;. The number of aryl methyl sites for hydroxylation is 1. The van der Waals surface area contributed by atoms with E-state index in [9.17, 15) is 21.9 Å². The molecule has 0 radical (unpaired) electrons. The van der Waals surface area contributed by atoms with Gasteiger partial charge in [-0.25, -0.2) is 4.98 Å². The van der Waals surface area contributed by atoms with Gasteiger partial charge in [0.1, 0.15) is 5.82 Å². The molecule has 424 valence electrons. The third-order valence-corrected chi connectivity index (χ3v) is 20.0. The van der Waals surface area contributed by atoms with Crippen LogP contribution in [0.1, 0.15) is 87.8 Å². The first-order valence-electron chi connectivity index (χ1n) is 41.0. The Bertz CT molecular complexity index is 6250. The average molecular weight is 1350 g/mol. The van der Waals surface area contributed by atoms with Crippen LogP contribution in [0.25, 0.3) is 83.4 Å².